The minimum absolute atomic E-state index is 0.116. The molecule has 0 atom stereocenters. The van der Waals surface area contributed by atoms with Crippen molar-refractivity contribution in [3.05, 3.63) is 59.4 Å². The fraction of sp³-hybridized carbons (Fsp3) is 0.278. The highest BCUT2D eigenvalue weighted by Gasteiger charge is 2.19. The largest absolute Gasteiger partial charge is 0.364 e. The lowest BCUT2D eigenvalue weighted by molar-refractivity contribution is -0.115. The number of nitrogens with two attached hydrogens (primary N) is 1. The van der Waals surface area contributed by atoms with Gasteiger partial charge in [0.15, 0.2) is 0 Å². The molecule has 0 saturated heterocycles. The van der Waals surface area contributed by atoms with E-state index < -0.39 is 5.91 Å². The van der Waals surface area contributed by atoms with E-state index in [1.807, 2.05) is 12.1 Å². The molecule has 1 aromatic carbocycles. The Bertz CT molecular complexity index is 704. The highest BCUT2D eigenvalue weighted by molar-refractivity contribution is 5.93. The van der Waals surface area contributed by atoms with Crippen LogP contribution < -0.4 is 11.1 Å². The SMILES string of the molecule is NC(=O)c1ccc(NC(=O)Cc2ccc(C3CCC3)cc2)cn1. The number of anilines is 1. The molecular formula is C18H19N3O2. The predicted molar refractivity (Wildman–Crippen MR) is 88.1 cm³/mol. The Kier molecular flexibility index (Phi) is 4.37. The number of primary amides is 1. The fourth-order valence-corrected chi connectivity index (χ4v) is 2.65. The van der Waals surface area contributed by atoms with Crippen molar-refractivity contribution in [1.82, 2.24) is 4.98 Å². The summed E-state index contributed by atoms with van der Waals surface area (Å²) in [5.41, 5.74) is 8.20. The van der Waals surface area contributed by atoms with Crippen molar-refractivity contribution in [2.75, 3.05) is 5.32 Å². The Morgan fingerprint density at radius 1 is 1.13 bits per heavy atom. The molecule has 0 radical (unpaired) electrons. The molecule has 2 amide bonds. The molecule has 0 unspecified atom stereocenters. The van der Waals surface area contributed by atoms with E-state index in [0.29, 0.717) is 18.0 Å². The smallest absolute Gasteiger partial charge is 0.267 e. The van der Waals surface area contributed by atoms with Crippen LogP contribution in [0.25, 0.3) is 0 Å². The van der Waals surface area contributed by atoms with Crippen LogP contribution in [0.4, 0.5) is 5.69 Å². The summed E-state index contributed by atoms with van der Waals surface area (Å²) in [7, 11) is 0. The number of nitrogens with zero attached hydrogens (tertiary/aromatic N) is 1. The molecule has 0 spiro atoms. The summed E-state index contributed by atoms with van der Waals surface area (Å²) in [6.45, 7) is 0. The topological polar surface area (TPSA) is 85.1 Å². The van der Waals surface area contributed by atoms with Gasteiger partial charge >= 0.3 is 0 Å². The second-order valence-corrected chi connectivity index (χ2v) is 5.89. The third-order valence-corrected chi connectivity index (χ3v) is 4.22. The molecule has 0 bridgehead atoms. The first-order chi connectivity index (χ1) is 11.1. The van der Waals surface area contributed by atoms with Gasteiger partial charge < -0.3 is 11.1 Å². The molecule has 118 valence electrons. The molecule has 5 nitrogen and oxygen atoms in total. The first-order valence-electron chi connectivity index (χ1n) is 7.76. The highest BCUT2D eigenvalue weighted by atomic mass is 16.2. The van der Waals surface area contributed by atoms with Crippen LogP contribution in [0, 0.1) is 0 Å². The van der Waals surface area contributed by atoms with E-state index in [-0.39, 0.29) is 11.6 Å². The summed E-state index contributed by atoms with van der Waals surface area (Å²) in [6.07, 6.45) is 5.60. The van der Waals surface area contributed by atoms with Crippen LogP contribution in [-0.4, -0.2) is 16.8 Å². The zero-order valence-corrected chi connectivity index (χ0v) is 12.8. The number of hydrogen-bond donors (Lipinski definition) is 2. The number of amides is 2. The van der Waals surface area contributed by atoms with Crippen molar-refractivity contribution >= 4 is 17.5 Å². The van der Waals surface area contributed by atoms with E-state index in [2.05, 4.69) is 22.4 Å². The van der Waals surface area contributed by atoms with Crippen molar-refractivity contribution in [1.29, 1.82) is 0 Å². The van der Waals surface area contributed by atoms with Gasteiger partial charge in [0.1, 0.15) is 5.69 Å². The second-order valence-electron chi connectivity index (χ2n) is 5.89. The molecule has 1 heterocycles. The Balaban J connectivity index is 1.57. The van der Waals surface area contributed by atoms with Crippen LogP contribution in [0.3, 0.4) is 0 Å². The summed E-state index contributed by atoms with van der Waals surface area (Å²) in [6, 6.07) is 11.4. The number of rotatable bonds is 5. The van der Waals surface area contributed by atoms with Crippen LogP contribution in [0.15, 0.2) is 42.6 Å². The molecule has 1 saturated carbocycles. The summed E-state index contributed by atoms with van der Waals surface area (Å²) in [5.74, 6) is -0.00262. The molecule has 0 aliphatic heterocycles. The molecule has 3 N–H and O–H groups in total. The number of carbonyl (C=O) groups excluding carboxylic acids is 2. The number of carbonyl (C=O) groups is 2. The van der Waals surface area contributed by atoms with Gasteiger partial charge in [-0.1, -0.05) is 30.7 Å². The number of pyridine rings is 1. The lowest BCUT2D eigenvalue weighted by Gasteiger charge is -2.25. The summed E-state index contributed by atoms with van der Waals surface area (Å²) in [4.78, 5) is 26.9. The van der Waals surface area contributed by atoms with Crippen LogP contribution in [-0.2, 0) is 11.2 Å². The van der Waals surface area contributed by atoms with E-state index in [1.165, 1.54) is 37.1 Å². The van der Waals surface area contributed by atoms with Crippen molar-refractivity contribution in [2.24, 2.45) is 5.73 Å². The number of nitrogens with one attached hydrogen (secondary N) is 1. The van der Waals surface area contributed by atoms with Gasteiger partial charge in [-0.2, -0.15) is 0 Å². The van der Waals surface area contributed by atoms with Crippen LogP contribution in [0.5, 0.6) is 0 Å². The third kappa shape index (κ3) is 3.74. The zero-order chi connectivity index (χ0) is 16.2. The van der Waals surface area contributed by atoms with Gasteiger partial charge in [0.05, 0.1) is 18.3 Å². The Hall–Kier alpha value is -2.69. The summed E-state index contributed by atoms with van der Waals surface area (Å²) >= 11 is 0. The van der Waals surface area contributed by atoms with E-state index in [0.717, 1.165) is 5.56 Å². The normalized spacial score (nSPS) is 14.1. The summed E-state index contributed by atoms with van der Waals surface area (Å²) in [5, 5.41) is 2.76. The number of hydrogen-bond acceptors (Lipinski definition) is 3. The van der Waals surface area contributed by atoms with Crippen molar-refractivity contribution in [2.45, 2.75) is 31.6 Å². The monoisotopic (exact) mass is 309 g/mol. The summed E-state index contributed by atoms with van der Waals surface area (Å²) < 4.78 is 0. The van der Waals surface area contributed by atoms with Crippen molar-refractivity contribution in [3.63, 3.8) is 0 Å². The molecular weight excluding hydrogens is 290 g/mol. The van der Waals surface area contributed by atoms with E-state index >= 15 is 0 Å². The molecule has 23 heavy (non-hydrogen) atoms. The molecule has 3 rings (SSSR count). The third-order valence-electron chi connectivity index (χ3n) is 4.22. The van der Waals surface area contributed by atoms with Crippen molar-refractivity contribution < 1.29 is 9.59 Å². The maximum absolute atomic E-state index is 12.1. The lowest BCUT2D eigenvalue weighted by Crippen LogP contribution is -2.16. The van der Waals surface area contributed by atoms with Gasteiger partial charge in [-0.15, -0.1) is 0 Å². The Morgan fingerprint density at radius 3 is 2.39 bits per heavy atom. The van der Waals surface area contributed by atoms with Gasteiger partial charge in [0.25, 0.3) is 5.91 Å². The average Bonchev–Trinajstić information content (AvgIpc) is 2.48. The number of aromatic nitrogens is 1. The predicted octanol–water partition coefficient (Wildman–Crippen LogP) is 2.63. The van der Waals surface area contributed by atoms with Crippen molar-refractivity contribution in [3.8, 4) is 0 Å². The number of benzene rings is 1. The molecule has 1 aliphatic rings. The molecule has 1 aromatic heterocycles. The maximum atomic E-state index is 12.1. The molecule has 2 aromatic rings. The minimum atomic E-state index is -0.588. The second kappa shape index (κ2) is 6.60. The zero-order valence-electron chi connectivity index (χ0n) is 12.8. The average molecular weight is 309 g/mol. The standard InChI is InChI=1S/C18H19N3O2/c19-18(23)16-9-8-15(11-20-16)21-17(22)10-12-4-6-14(7-5-12)13-2-1-3-13/h4-9,11,13H,1-3,10H2,(H2,19,23)(H,21,22). The van der Waals surface area contributed by atoms with E-state index in [9.17, 15) is 9.59 Å². The van der Waals surface area contributed by atoms with E-state index in [1.54, 1.807) is 6.07 Å². The van der Waals surface area contributed by atoms with Gasteiger partial charge in [0, 0.05) is 0 Å². The Morgan fingerprint density at radius 2 is 1.87 bits per heavy atom. The van der Waals surface area contributed by atoms with Crippen LogP contribution in [0.2, 0.25) is 0 Å². The van der Waals surface area contributed by atoms with Gasteiger partial charge in [-0.25, -0.2) is 4.98 Å². The van der Waals surface area contributed by atoms with Gasteiger partial charge in [-0.05, 0) is 42.0 Å². The van der Waals surface area contributed by atoms with Gasteiger partial charge in [-0.3, -0.25) is 9.59 Å². The maximum Gasteiger partial charge on any atom is 0.267 e. The molecule has 1 fully saturated rings. The van der Waals surface area contributed by atoms with Gasteiger partial charge in [0.2, 0.25) is 5.91 Å². The van der Waals surface area contributed by atoms with Crippen LogP contribution in [0.1, 0.15) is 46.8 Å². The quantitative estimate of drug-likeness (QED) is 0.890. The van der Waals surface area contributed by atoms with Crippen LogP contribution >= 0.6 is 0 Å². The molecule has 1 aliphatic carbocycles. The first-order valence-corrected chi connectivity index (χ1v) is 7.76. The lowest BCUT2D eigenvalue weighted by atomic mass is 9.80. The molecule has 5 heteroatoms. The fourth-order valence-electron chi connectivity index (χ4n) is 2.65. The minimum Gasteiger partial charge on any atom is -0.364 e. The van der Waals surface area contributed by atoms with E-state index in [4.69, 9.17) is 5.73 Å². The first kappa shape index (κ1) is 15.2. The highest BCUT2D eigenvalue weighted by Crippen LogP contribution is 2.36. The Labute approximate surface area is 134 Å².